The number of rotatable bonds is 7. The van der Waals surface area contributed by atoms with Crippen molar-refractivity contribution in [3.05, 3.63) is 52.6 Å². The summed E-state index contributed by atoms with van der Waals surface area (Å²) in [6.07, 6.45) is 0.183. The van der Waals surface area contributed by atoms with Crippen molar-refractivity contribution in [2.75, 3.05) is 12.4 Å². The molecule has 148 valence electrons. The second kappa shape index (κ2) is 8.00. The number of ether oxygens (including phenoxy) is 2. The fourth-order valence-corrected chi connectivity index (χ4v) is 3.28. The predicted octanol–water partition coefficient (Wildman–Crippen LogP) is 3.42. The minimum absolute atomic E-state index is 0.106. The molecule has 0 bridgehead atoms. The third-order valence-electron chi connectivity index (χ3n) is 4.75. The van der Waals surface area contributed by atoms with Gasteiger partial charge in [0.1, 0.15) is 12.0 Å². The van der Waals surface area contributed by atoms with Crippen molar-refractivity contribution in [3.8, 4) is 11.5 Å². The van der Waals surface area contributed by atoms with Crippen LogP contribution in [-0.2, 0) is 9.47 Å². The molecule has 2 unspecified atom stereocenters. The molecule has 0 heterocycles. The van der Waals surface area contributed by atoms with Crippen molar-refractivity contribution in [1.82, 2.24) is 0 Å². The van der Waals surface area contributed by atoms with Crippen LogP contribution in [0.3, 0.4) is 0 Å². The summed E-state index contributed by atoms with van der Waals surface area (Å²) in [4.78, 5) is 25.7. The number of carbonyl (C=O) groups excluding carboxylic acids is 2. The van der Waals surface area contributed by atoms with Crippen LogP contribution in [-0.4, -0.2) is 41.4 Å². The molecule has 0 saturated carbocycles. The summed E-state index contributed by atoms with van der Waals surface area (Å²) in [6, 6.07) is 7.57. The van der Waals surface area contributed by atoms with E-state index in [9.17, 15) is 19.8 Å². The topological polar surface area (TPSA) is 105 Å². The van der Waals surface area contributed by atoms with Crippen molar-refractivity contribution >= 4 is 17.3 Å². The summed E-state index contributed by atoms with van der Waals surface area (Å²) in [5.74, 6) is -1.79. The van der Waals surface area contributed by atoms with Gasteiger partial charge in [-0.3, -0.25) is 9.59 Å². The Kier molecular flexibility index (Phi) is 5.67. The van der Waals surface area contributed by atoms with Gasteiger partial charge in [0.25, 0.3) is 0 Å². The first-order valence-corrected chi connectivity index (χ1v) is 9.14. The minimum Gasteiger partial charge on any atom is -0.507 e. The van der Waals surface area contributed by atoms with E-state index in [4.69, 9.17) is 9.47 Å². The molecule has 0 saturated heterocycles. The number of phenols is 2. The third kappa shape index (κ3) is 3.34. The molecule has 2 aromatic carbocycles. The smallest absolute Gasteiger partial charge is 0.198 e. The second-order valence-electron chi connectivity index (χ2n) is 6.50. The van der Waals surface area contributed by atoms with Crippen LogP contribution >= 0.6 is 0 Å². The standard InChI is InChI=1S/C21H23NO6/c1-4-15(28-16(5-2)27-3)22-13-10-14(23)17-18(21(13)26)20(25)12-9-7-6-8-11(12)19(17)24/h6-10,15-16,22-23,26H,4-5H2,1-3H3. The average Bonchev–Trinajstić information content (AvgIpc) is 2.71. The van der Waals surface area contributed by atoms with Crippen LogP contribution in [0, 0.1) is 0 Å². The number of nitrogens with one attached hydrogen (secondary N) is 1. The maximum absolute atomic E-state index is 12.9. The molecule has 7 heteroatoms. The van der Waals surface area contributed by atoms with Gasteiger partial charge in [-0.25, -0.2) is 0 Å². The highest BCUT2D eigenvalue weighted by atomic mass is 16.7. The number of phenolic OH excluding ortho intramolecular Hbond substituents is 2. The molecule has 0 spiro atoms. The summed E-state index contributed by atoms with van der Waals surface area (Å²) in [5, 5.41) is 24.1. The van der Waals surface area contributed by atoms with Gasteiger partial charge in [-0.1, -0.05) is 38.1 Å². The molecule has 3 N–H and O–H groups in total. The van der Waals surface area contributed by atoms with Crippen molar-refractivity contribution in [2.45, 2.75) is 39.2 Å². The van der Waals surface area contributed by atoms with Gasteiger partial charge in [0.15, 0.2) is 23.6 Å². The van der Waals surface area contributed by atoms with E-state index in [2.05, 4.69) is 5.32 Å². The van der Waals surface area contributed by atoms with E-state index in [1.807, 2.05) is 13.8 Å². The fraction of sp³-hybridized carbons (Fsp3) is 0.333. The third-order valence-corrected chi connectivity index (χ3v) is 4.75. The zero-order valence-electron chi connectivity index (χ0n) is 16.0. The lowest BCUT2D eigenvalue weighted by molar-refractivity contribution is -0.149. The van der Waals surface area contributed by atoms with Crippen LogP contribution in [0.25, 0.3) is 0 Å². The summed E-state index contributed by atoms with van der Waals surface area (Å²) in [6.45, 7) is 3.78. The molecule has 7 nitrogen and oxygen atoms in total. The Morgan fingerprint density at radius 1 is 1.00 bits per heavy atom. The Bertz CT molecular complexity index is 919. The SMILES string of the molecule is CCC(Nc1cc(O)c2c(c1O)C(=O)c1ccccc1C2=O)OC(CC)OC. The first-order chi connectivity index (χ1) is 13.4. The van der Waals surface area contributed by atoms with E-state index < -0.39 is 29.8 Å². The zero-order valence-corrected chi connectivity index (χ0v) is 16.0. The fourth-order valence-electron chi connectivity index (χ4n) is 3.28. The van der Waals surface area contributed by atoms with Crippen LogP contribution in [0.2, 0.25) is 0 Å². The quantitative estimate of drug-likeness (QED) is 0.325. The molecule has 1 aliphatic rings. The van der Waals surface area contributed by atoms with Crippen LogP contribution in [0.5, 0.6) is 11.5 Å². The van der Waals surface area contributed by atoms with E-state index in [0.717, 1.165) is 0 Å². The molecular weight excluding hydrogens is 362 g/mol. The maximum atomic E-state index is 12.9. The van der Waals surface area contributed by atoms with Crippen molar-refractivity contribution in [1.29, 1.82) is 0 Å². The Hall–Kier alpha value is -2.90. The predicted molar refractivity (Wildman–Crippen MR) is 103 cm³/mol. The number of aromatic hydroxyl groups is 2. The van der Waals surface area contributed by atoms with Crippen LogP contribution in [0.15, 0.2) is 30.3 Å². The lowest BCUT2D eigenvalue weighted by Gasteiger charge is -2.26. The molecule has 2 aromatic rings. The summed E-state index contributed by atoms with van der Waals surface area (Å²) >= 11 is 0. The Morgan fingerprint density at radius 3 is 2.14 bits per heavy atom. The van der Waals surface area contributed by atoms with E-state index in [0.29, 0.717) is 12.8 Å². The van der Waals surface area contributed by atoms with Crippen molar-refractivity contribution in [2.24, 2.45) is 0 Å². The van der Waals surface area contributed by atoms with Gasteiger partial charge >= 0.3 is 0 Å². The molecule has 0 aliphatic heterocycles. The largest absolute Gasteiger partial charge is 0.507 e. The number of ketones is 2. The van der Waals surface area contributed by atoms with Crippen LogP contribution in [0.4, 0.5) is 5.69 Å². The first-order valence-electron chi connectivity index (χ1n) is 9.14. The summed E-state index contributed by atoms with van der Waals surface area (Å²) < 4.78 is 11.0. The molecule has 0 aromatic heterocycles. The van der Waals surface area contributed by atoms with E-state index in [1.54, 1.807) is 12.1 Å². The van der Waals surface area contributed by atoms with E-state index >= 15 is 0 Å². The number of benzene rings is 2. The van der Waals surface area contributed by atoms with Crippen LogP contribution < -0.4 is 5.32 Å². The van der Waals surface area contributed by atoms with Gasteiger partial charge in [-0.2, -0.15) is 0 Å². The summed E-state index contributed by atoms with van der Waals surface area (Å²) in [5.41, 5.74) is 0.107. The molecule has 28 heavy (non-hydrogen) atoms. The lowest BCUT2D eigenvalue weighted by atomic mass is 9.82. The molecule has 3 rings (SSSR count). The molecule has 0 amide bonds. The average molecular weight is 385 g/mol. The minimum atomic E-state index is -0.532. The van der Waals surface area contributed by atoms with Gasteiger partial charge in [0, 0.05) is 24.3 Å². The highest BCUT2D eigenvalue weighted by molar-refractivity contribution is 6.30. The molecular formula is C21H23NO6. The van der Waals surface area contributed by atoms with Gasteiger partial charge in [0.2, 0.25) is 0 Å². The highest BCUT2D eigenvalue weighted by Crippen LogP contribution is 2.42. The number of hydrogen-bond donors (Lipinski definition) is 3. The number of methoxy groups -OCH3 is 1. The Balaban J connectivity index is 2.02. The zero-order chi connectivity index (χ0) is 20.4. The van der Waals surface area contributed by atoms with E-state index in [1.165, 1.54) is 25.3 Å². The van der Waals surface area contributed by atoms with Gasteiger partial charge in [-0.05, 0) is 12.8 Å². The number of carbonyl (C=O) groups is 2. The Morgan fingerprint density at radius 2 is 1.61 bits per heavy atom. The van der Waals surface area contributed by atoms with Crippen molar-refractivity contribution in [3.63, 3.8) is 0 Å². The normalized spacial score (nSPS) is 15.0. The lowest BCUT2D eigenvalue weighted by Crippen LogP contribution is -2.29. The summed E-state index contributed by atoms with van der Waals surface area (Å²) in [7, 11) is 1.53. The van der Waals surface area contributed by atoms with Gasteiger partial charge in [0.05, 0.1) is 16.8 Å². The van der Waals surface area contributed by atoms with Gasteiger partial charge in [-0.15, -0.1) is 0 Å². The number of hydrogen-bond acceptors (Lipinski definition) is 7. The number of fused-ring (bicyclic) bond motifs is 2. The van der Waals surface area contributed by atoms with E-state index in [-0.39, 0.29) is 33.7 Å². The molecule has 0 fully saturated rings. The van der Waals surface area contributed by atoms with Crippen molar-refractivity contribution < 1.29 is 29.3 Å². The highest BCUT2D eigenvalue weighted by Gasteiger charge is 2.35. The van der Waals surface area contributed by atoms with Crippen LogP contribution in [0.1, 0.15) is 58.5 Å². The van der Waals surface area contributed by atoms with Gasteiger partial charge < -0.3 is 25.0 Å². The second-order valence-corrected chi connectivity index (χ2v) is 6.50. The maximum Gasteiger partial charge on any atom is 0.198 e. The monoisotopic (exact) mass is 385 g/mol. The molecule has 1 aliphatic carbocycles. The molecule has 0 radical (unpaired) electrons. The molecule has 2 atom stereocenters. The first kappa shape index (κ1) is 19.9. The number of anilines is 1. The Labute approximate surface area is 162 Å².